The largest absolute Gasteiger partial charge is 0.497 e. The molecule has 2 aliphatic heterocycles. The van der Waals surface area contributed by atoms with Crippen LogP contribution in [0.1, 0.15) is 41.2 Å². The van der Waals surface area contributed by atoms with Crippen molar-refractivity contribution in [3.63, 3.8) is 0 Å². The number of hydrogen-bond donors (Lipinski definition) is 1. The molecule has 176 valence electrons. The Balaban J connectivity index is 1.24. The van der Waals surface area contributed by atoms with E-state index in [2.05, 4.69) is 10.4 Å². The van der Waals surface area contributed by atoms with Crippen molar-refractivity contribution in [3.05, 3.63) is 66.0 Å². The molecule has 5 rings (SSSR count). The number of likely N-dealkylation sites (tertiary alicyclic amines) is 1. The third kappa shape index (κ3) is 4.54. The van der Waals surface area contributed by atoms with Gasteiger partial charge in [0.05, 0.1) is 25.0 Å². The van der Waals surface area contributed by atoms with E-state index in [-0.39, 0.29) is 31.2 Å². The predicted octanol–water partition coefficient (Wildman–Crippen LogP) is 3.63. The number of aromatic nitrogens is 2. The minimum atomic E-state index is -0.293. The summed E-state index contributed by atoms with van der Waals surface area (Å²) in [6.45, 7) is 0.951. The highest BCUT2D eigenvalue weighted by atomic mass is 16.7. The Bertz CT molecular complexity index is 1210. The zero-order valence-corrected chi connectivity index (χ0v) is 18.9. The molecule has 0 bridgehead atoms. The number of nitrogens with zero attached hydrogens (tertiary/aromatic N) is 3. The van der Waals surface area contributed by atoms with Gasteiger partial charge in [-0.3, -0.25) is 14.3 Å². The molecule has 2 aliphatic rings. The first-order valence-corrected chi connectivity index (χ1v) is 11.3. The van der Waals surface area contributed by atoms with Gasteiger partial charge in [0.15, 0.2) is 11.5 Å². The number of rotatable bonds is 6. The van der Waals surface area contributed by atoms with Gasteiger partial charge in [-0.1, -0.05) is 12.1 Å². The fourth-order valence-electron chi connectivity index (χ4n) is 4.41. The number of piperidine rings is 1. The molecular weight excluding hydrogens is 436 g/mol. The number of benzene rings is 2. The number of carbonyl (C=O) groups is 2. The van der Waals surface area contributed by atoms with Crippen LogP contribution in [0.2, 0.25) is 0 Å². The molecular formula is C25H26N4O5. The van der Waals surface area contributed by atoms with Gasteiger partial charge in [0.25, 0.3) is 5.91 Å². The molecule has 1 aromatic heterocycles. The summed E-state index contributed by atoms with van der Waals surface area (Å²) < 4.78 is 17.5. The van der Waals surface area contributed by atoms with E-state index in [1.54, 1.807) is 36.2 Å². The lowest BCUT2D eigenvalue weighted by Crippen LogP contribution is -2.40. The minimum Gasteiger partial charge on any atom is -0.497 e. The lowest BCUT2D eigenvalue weighted by Gasteiger charge is -2.36. The maximum atomic E-state index is 13.2. The van der Waals surface area contributed by atoms with Crippen molar-refractivity contribution < 1.29 is 23.8 Å². The van der Waals surface area contributed by atoms with Gasteiger partial charge in [-0.2, -0.15) is 5.10 Å². The molecule has 2 aromatic carbocycles. The van der Waals surface area contributed by atoms with Crippen LogP contribution in [-0.2, 0) is 11.3 Å². The Morgan fingerprint density at radius 1 is 1.15 bits per heavy atom. The van der Waals surface area contributed by atoms with E-state index in [0.717, 1.165) is 30.6 Å². The third-order valence-electron chi connectivity index (χ3n) is 6.12. The lowest BCUT2D eigenvalue weighted by molar-refractivity contribution is -0.135. The van der Waals surface area contributed by atoms with E-state index in [1.807, 2.05) is 29.2 Å². The summed E-state index contributed by atoms with van der Waals surface area (Å²) in [6.07, 6.45) is 6.15. The molecule has 1 fully saturated rings. The second kappa shape index (κ2) is 9.46. The summed E-state index contributed by atoms with van der Waals surface area (Å²) in [4.78, 5) is 27.7. The Morgan fingerprint density at radius 2 is 2.03 bits per heavy atom. The van der Waals surface area contributed by atoms with Gasteiger partial charge in [0.1, 0.15) is 12.3 Å². The zero-order valence-electron chi connectivity index (χ0n) is 18.9. The monoisotopic (exact) mass is 462 g/mol. The molecule has 0 spiro atoms. The van der Waals surface area contributed by atoms with Crippen LogP contribution in [0.3, 0.4) is 0 Å². The Hall–Kier alpha value is -4.01. The summed E-state index contributed by atoms with van der Waals surface area (Å²) in [5.74, 6) is 1.64. The van der Waals surface area contributed by atoms with Crippen LogP contribution < -0.4 is 19.5 Å². The quantitative estimate of drug-likeness (QED) is 0.601. The van der Waals surface area contributed by atoms with Crippen LogP contribution in [0.25, 0.3) is 0 Å². The van der Waals surface area contributed by atoms with Gasteiger partial charge < -0.3 is 24.4 Å². The summed E-state index contributed by atoms with van der Waals surface area (Å²) >= 11 is 0. The number of methoxy groups -OCH3 is 1. The number of carbonyl (C=O) groups excluding carboxylic acids is 2. The highest BCUT2D eigenvalue weighted by molar-refractivity contribution is 6.04. The molecule has 1 atom stereocenters. The maximum Gasteiger partial charge on any atom is 0.255 e. The number of fused-ring (bicyclic) bond motifs is 1. The van der Waals surface area contributed by atoms with Crippen molar-refractivity contribution in [3.8, 4) is 17.2 Å². The molecule has 1 saturated heterocycles. The predicted molar refractivity (Wildman–Crippen MR) is 124 cm³/mol. The van der Waals surface area contributed by atoms with Crippen LogP contribution in [0.5, 0.6) is 17.2 Å². The first-order chi connectivity index (χ1) is 16.6. The zero-order chi connectivity index (χ0) is 23.5. The standard InChI is InChI=1S/C25H26N4O5/c1-32-20-6-4-5-17(11-20)21-7-2-3-10-29(21)24(30)15-28-14-19(13-26-28)27-25(31)18-8-9-22-23(12-18)34-16-33-22/h4-6,8-9,11-14,21H,2-3,7,10,15-16H2,1H3,(H,27,31)/t21-/m0/s1. The average Bonchev–Trinajstić information content (AvgIpc) is 3.52. The Kier molecular flexibility index (Phi) is 6.07. The fraction of sp³-hybridized carbons (Fsp3) is 0.320. The van der Waals surface area contributed by atoms with E-state index in [1.165, 1.54) is 6.20 Å². The highest BCUT2D eigenvalue weighted by Crippen LogP contribution is 2.34. The van der Waals surface area contributed by atoms with Crippen molar-refractivity contribution in [2.24, 2.45) is 0 Å². The van der Waals surface area contributed by atoms with Crippen molar-refractivity contribution in [1.29, 1.82) is 0 Å². The normalized spacial score (nSPS) is 16.9. The fourth-order valence-corrected chi connectivity index (χ4v) is 4.41. The molecule has 0 unspecified atom stereocenters. The number of amides is 2. The molecule has 9 heteroatoms. The van der Waals surface area contributed by atoms with Gasteiger partial charge >= 0.3 is 0 Å². The number of ether oxygens (including phenoxy) is 3. The molecule has 2 amide bonds. The summed E-state index contributed by atoms with van der Waals surface area (Å²) in [6, 6.07) is 12.9. The number of hydrogen-bond acceptors (Lipinski definition) is 6. The van der Waals surface area contributed by atoms with Crippen LogP contribution in [-0.4, -0.2) is 46.9 Å². The van der Waals surface area contributed by atoms with Crippen LogP contribution in [0.15, 0.2) is 54.9 Å². The highest BCUT2D eigenvalue weighted by Gasteiger charge is 2.28. The van der Waals surface area contributed by atoms with Crippen molar-refractivity contribution in [2.45, 2.75) is 31.8 Å². The smallest absolute Gasteiger partial charge is 0.255 e. The molecule has 9 nitrogen and oxygen atoms in total. The van der Waals surface area contributed by atoms with Gasteiger partial charge in [-0.15, -0.1) is 0 Å². The van der Waals surface area contributed by atoms with Crippen molar-refractivity contribution in [2.75, 3.05) is 25.8 Å². The molecule has 0 radical (unpaired) electrons. The average molecular weight is 463 g/mol. The van der Waals surface area contributed by atoms with Crippen LogP contribution in [0, 0.1) is 0 Å². The first kappa shape index (κ1) is 21.8. The second-order valence-corrected chi connectivity index (χ2v) is 8.32. The van der Waals surface area contributed by atoms with E-state index >= 15 is 0 Å². The topological polar surface area (TPSA) is 94.9 Å². The maximum absolute atomic E-state index is 13.2. The van der Waals surface area contributed by atoms with E-state index in [0.29, 0.717) is 29.3 Å². The number of nitrogens with one attached hydrogen (secondary N) is 1. The van der Waals surface area contributed by atoms with Crippen LogP contribution in [0.4, 0.5) is 5.69 Å². The number of anilines is 1. The molecule has 3 aromatic rings. The van der Waals surface area contributed by atoms with Gasteiger partial charge in [-0.25, -0.2) is 0 Å². The molecule has 0 saturated carbocycles. The molecule has 1 N–H and O–H groups in total. The molecule has 0 aliphatic carbocycles. The Morgan fingerprint density at radius 3 is 2.91 bits per heavy atom. The first-order valence-electron chi connectivity index (χ1n) is 11.3. The molecule has 3 heterocycles. The van der Waals surface area contributed by atoms with Gasteiger partial charge in [0, 0.05) is 18.3 Å². The Labute approximate surface area is 197 Å². The summed E-state index contributed by atoms with van der Waals surface area (Å²) in [5.41, 5.74) is 2.03. The van der Waals surface area contributed by atoms with Crippen LogP contribution >= 0.6 is 0 Å². The summed E-state index contributed by atoms with van der Waals surface area (Å²) in [7, 11) is 1.64. The van der Waals surface area contributed by atoms with Gasteiger partial charge in [0.2, 0.25) is 12.7 Å². The second-order valence-electron chi connectivity index (χ2n) is 8.32. The van der Waals surface area contributed by atoms with Crippen molar-refractivity contribution >= 4 is 17.5 Å². The van der Waals surface area contributed by atoms with E-state index in [9.17, 15) is 9.59 Å². The summed E-state index contributed by atoms with van der Waals surface area (Å²) in [5, 5.41) is 7.08. The van der Waals surface area contributed by atoms with E-state index < -0.39 is 0 Å². The lowest BCUT2D eigenvalue weighted by atomic mass is 9.95. The third-order valence-corrected chi connectivity index (χ3v) is 6.12. The SMILES string of the molecule is COc1cccc([C@@H]2CCCCN2C(=O)Cn2cc(NC(=O)c3ccc4c(c3)OCO4)cn2)c1. The minimum absolute atomic E-state index is 0.00994. The van der Waals surface area contributed by atoms with Gasteiger partial charge in [-0.05, 0) is 55.2 Å². The van der Waals surface area contributed by atoms with E-state index in [4.69, 9.17) is 14.2 Å². The van der Waals surface area contributed by atoms with Crippen molar-refractivity contribution in [1.82, 2.24) is 14.7 Å². The molecule has 34 heavy (non-hydrogen) atoms.